The van der Waals surface area contributed by atoms with Gasteiger partial charge in [0.2, 0.25) is 0 Å². The molecule has 34 heavy (non-hydrogen) atoms. The maximum absolute atomic E-state index is 5.51. The largest absolute Gasteiger partial charge is 0.497 e. The normalized spacial score (nSPS) is 29.5. The third-order valence-electron chi connectivity index (χ3n) is 8.72. The lowest BCUT2D eigenvalue weighted by Crippen LogP contribution is -2.55. The number of rotatable bonds is 6. The van der Waals surface area contributed by atoms with Gasteiger partial charge in [-0.05, 0) is 96.6 Å². The Balaban J connectivity index is 1.27. The second-order valence-corrected chi connectivity index (χ2v) is 10.8. The topological polar surface area (TPSA) is 30.8 Å². The zero-order valence-electron chi connectivity index (χ0n) is 20.2. The van der Waals surface area contributed by atoms with Crippen LogP contribution < -0.4 is 9.47 Å². The summed E-state index contributed by atoms with van der Waals surface area (Å²) in [6, 6.07) is 26.3. The van der Waals surface area contributed by atoms with Crippen LogP contribution in [0.2, 0.25) is 0 Å². The molecule has 4 atom stereocenters. The number of ether oxygens (including phenoxy) is 2. The standard InChI is InChI=1S/C31H33NO2/c1-33-28-13-8-24(29(15-28)34-2)20-32-27-11-9-26(10-12-27)31-18-22-14-23(19-31)17-30(16-22,21-31)25-6-4-3-5-7-25/h3-13,15,20,22-23H,14,16-19,21H2,1-2H3/t22-,23+,30?,31?. The van der Waals surface area contributed by atoms with Gasteiger partial charge >= 0.3 is 0 Å². The molecule has 3 nitrogen and oxygen atoms in total. The number of aliphatic imine (C=N–C) groups is 1. The van der Waals surface area contributed by atoms with Crippen molar-refractivity contribution < 1.29 is 9.47 Å². The van der Waals surface area contributed by atoms with E-state index in [9.17, 15) is 0 Å². The van der Waals surface area contributed by atoms with Gasteiger partial charge in [0.1, 0.15) is 11.5 Å². The highest BCUT2D eigenvalue weighted by Crippen LogP contribution is 2.66. The van der Waals surface area contributed by atoms with Gasteiger partial charge < -0.3 is 9.47 Å². The molecule has 0 N–H and O–H groups in total. The van der Waals surface area contributed by atoms with E-state index in [-0.39, 0.29) is 0 Å². The predicted molar refractivity (Wildman–Crippen MR) is 138 cm³/mol. The van der Waals surface area contributed by atoms with Crippen LogP contribution in [0.4, 0.5) is 5.69 Å². The smallest absolute Gasteiger partial charge is 0.131 e. The number of hydrogen-bond acceptors (Lipinski definition) is 3. The molecular formula is C31H33NO2. The summed E-state index contributed by atoms with van der Waals surface area (Å²) in [6.45, 7) is 0. The third-order valence-corrected chi connectivity index (χ3v) is 8.72. The van der Waals surface area contributed by atoms with Crippen molar-refractivity contribution in [3.8, 4) is 11.5 Å². The van der Waals surface area contributed by atoms with Gasteiger partial charge in [0.25, 0.3) is 0 Å². The fraction of sp³-hybridized carbons (Fsp3) is 0.387. The van der Waals surface area contributed by atoms with Gasteiger partial charge in [-0.2, -0.15) is 0 Å². The molecule has 4 saturated carbocycles. The average molecular weight is 452 g/mol. The van der Waals surface area contributed by atoms with E-state index in [1.165, 1.54) is 44.1 Å². The molecule has 0 heterocycles. The molecule has 174 valence electrons. The third kappa shape index (κ3) is 3.62. The van der Waals surface area contributed by atoms with Crippen molar-refractivity contribution >= 4 is 11.9 Å². The molecule has 0 aliphatic heterocycles. The highest BCUT2D eigenvalue weighted by Gasteiger charge is 2.58. The van der Waals surface area contributed by atoms with E-state index in [1.807, 2.05) is 24.4 Å². The van der Waals surface area contributed by atoms with E-state index >= 15 is 0 Å². The quantitative estimate of drug-likeness (QED) is 0.370. The average Bonchev–Trinajstić information content (AvgIpc) is 2.87. The molecule has 0 aromatic heterocycles. The van der Waals surface area contributed by atoms with Gasteiger partial charge in [0.15, 0.2) is 0 Å². The zero-order chi connectivity index (χ0) is 23.2. The molecule has 0 spiro atoms. The van der Waals surface area contributed by atoms with Crippen LogP contribution in [0.25, 0.3) is 0 Å². The fourth-order valence-electron chi connectivity index (χ4n) is 7.70. The minimum absolute atomic E-state index is 0.321. The molecule has 0 radical (unpaired) electrons. The molecule has 2 unspecified atom stereocenters. The molecule has 4 bridgehead atoms. The number of methoxy groups -OCH3 is 2. The molecule has 4 aliphatic carbocycles. The SMILES string of the molecule is COc1ccc(C=Nc2ccc(C34C[C@@H]5C[C@@H](CC(c6ccccc6)(C5)C3)C4)cc2)c(OC)c1. The van der Waals surface area contributed by atoms with Gasteiger partial charge in [-0.3, -0.25) is 4.99 Å². The maximum Gasteiger partial charge on any atom is 0.131 e. The first kappa shape index (κ1) is 21.5. The first-order valence-corrected chi connectivity index (χ1v) is 12.5. The van der Waals surface area contributed by atoms with Crippen LogP contribution in [-0.4, -0.2) is 20.4 Å². The Morgan fingerprint density at radius 3 is 2.03 bits per heavy atom. The second-order valence-electron chi connectivity index (χ2n) is 10.8. The highest BCUT2D eigenvalue weighted by molar-refractivity contribution is 5.85. The van der Waals surface area contributed by atoms with Crippen molar-refractivity contribution in [1.29, 1.82) is 0 Å². The van der Waals surface area contributed by atoms with E-state index in [4.69, 9.17) is 14.5 Å². The van der Waals surface area contributed by atoms with Gasteiger partial charge in [-0.1, -0.05) is 42.5 Å². The van der Waals surface area contributed by atoms with Crippen LogP contribution >= 0.6 is 0 Å². The number of benzene rings is 3. The predicted octanol–water partition coefficient (Wildman–Crippen LogP) is 7.24. The van der Waals surface area contributed by atoms with Crippen LogP contribution in [0.3, 0.4) is 0 Å². The first-order valence-electron chi connectivity index (χ1n) is 12.5. The van der Waals surface area contributed by atoms with E-state index < -0.39 is 0 Å². The zero-order valence-corrected chi connectivity index (χ0v) is 20.2. The van der Waals surface area contributed by atoms with E-state index in [1.54, 1.807) is 19.8 Å². The fourth-order valence-corrected chi connectivity index (χ4v) is 7.70. The minimum atomic E-state index is 0.321. The molecule has 0 amide bonds. The van der Waals surface area contributed by atoms with Crippen molar-refractivity contribution in [3.05, 3.63) is 89.5 Å². The minimum Gasteiger partial charge on any atom is -0.497 e. The molecule has 3 aromatic carbocycles. The van der Waals surface area contributed by atoms with E-state index in [0.717, 1.165) is 34.6 Å². The lowest BCUT2D eigenvalue weighted by Gasteiger charge is -2.62. The van der Waals surface area contributed by atoms with Gasteiger partial charge in [-0.15, -0.1) is 0 Å². The van der Waals surface area contributed by atoms with Crippen molar-refractivity contribution in [2.75, 3.05) is 14.2 Å². The summed E-state index contributed by atoms with van der Waals surface area (Å²) in [5, 5.41) is 0. The monoisotopic (exact) mass is 451 g/mol. The number of nitrogens with zero attached hydrogens (tertiary/aromatic N) is 1. The van der Waals surface area contributed by atoms with Crippen LogP contribution in [0.5, 0.6) is 11.5 Å². The first-order chi connectivity index (χ1) is 16.6. The van der Waals surface area contributed by atoms with Crippen LogP contribution in [0.15, 0.2) is 77.8 Å². The van der Waals surface area contributed by atoms with Crippen LogP contribution in [-0.2, 0) is 10.8 Å². The van der Waals surface area contributed by atoms with Gasteiger partial charge in [0.05, 0.1) is 19.9 Å². The Morgan fingerprint density at radius 1 is 0.765 bits per heavy atom. The molecule has 4 fully saturated rings. The van der Waals surface area contributed by atoms with Gasteiger partial charge in [0, 0.05) is 17.8 Å². The van der Waals surface area contributed by atoms with Crippen LogP contribution in [0.1, 0.15) is 55.2 Å². The molecule has 3 aromatic rings. The van der Waals surface area contributed by atoms with Crippen LogP contribution in [0, 0.1) is 11.8 Å². The lowest BCUT2D eigenvalue weighted by atomic mass is 9.42. The lowest BCUT2D eigenvalue weighted by molar-refractivity contribution is -0.0281. The summed E-state index contributed by atoms with van der Waals surface area (Å²) in [4.78, 5) is 4.74. The summed E-state index contributed by atoms with van der Waals surface area (Å²) in [7, 11) is 3.34. The van der Waals surface area contributed by atoms with Gasteiger partial charge in [-0.25, -0.2) is 0 Å². The van der Waals surface area contributed by atoms with E-state index in [2.05, 4.69) is 54.6 Å². The van der Waals surface area contributed by atoms with Crippen molar-refractivity contribution in [2.45, 2.75) is 49.4 Å². The molecular weight excluding hydrogens is 418 g/mol. The van der Waals surface area contributed by atoms with Crippen molar-refractivity contribution in [3.63, 3.8) is 0 Å². The Hall–Kier alpha value is -3.07. The second kappa shape index (κ2) is 8.30. The summed E-state index contributed by atoms with van der Waals surface area (Å²) in [5.74, 6) is 3.27. The molecule has 7 rings (SSSR count). The molecule has 4 aliphatic rings. The maximum atomic E-state index is 5.51. The summed E-state index contributed by atoms with van der Waals surface area (Å²) in [6.07, 6.45) is 10.1. The Labute approximate surface area is 202 Å². The number of hydrogen-bond donors (Lipinski definition) is 0. The summed E-state index contributed by atoms with van der Waals surface area (Å²) < 4.78 is 10.8. The summed E-state index contributed by atoms with van der Waals surface area (Å²) >= 11 is 0. The summed E-state index contributed by atoms with van der Waals surface area (Å²) in [5.41, 5.74) is 5.70. The Morgan fingerprint density at radius 2 is 1.41 bits per heavy atom. The Bertz CT molecular complexity index is 1180. The van der Waals surface area contributed by atoms with Crippen molar-refractivity contribution in [2.24, 2.45) is 16.8 Å². The van der Waals surface area contributed by atoms with Crippen molar-refractivity contribution in [1.82, 2.24) is 0 Å². The highest BCUT2D eigenvalue weighted by atomic mass is 16.5. The molecule has 3 heteroatoms. The molecule has 0 saturated heterocycles. The Kier molecular flexibility index (Phi) is 5.24. The van der Waals surface area contributed by atoms with E-state index in [0.29, 0.717) is 10.8 Å².